The van der Waals surface area contributed by atoms with Gasteiger partial charge in [0.25, 0.3) is 5.91 Å². The first kappa shape index (κ1) is 14.3. The molecule has 0 saturated carbocycles. The van der Waals surface area contributed by atoms with E-state index in [0.29, 0.717) is 19.7 Å². The van der Waals surface area contributed by atoms with Crippen LogP contribution in [0.3, 0.4) is 0 Å². The van der Waals surface area contributed by atoms with Gasteiger partial charge in [-0.2, -0.15) is 0 Å². The number of hydrogen-bond acceptors (Lipinski definition) is 5. The Morgan fingerprint density at radius 3 is 2.89 bits per heavy atom. The molecule has 19 heavy (non-hydrogen) atoms. The molecule has 100 valence electrons. The van der Waals surface area contributed by atoms with E-state index in [0.717, 1.165) is 11.8 Å². The number of carboxylic acid groups (broad SMARTS) is 1. The standard InChI is InChI=1S/C11H8BrNO4S2/c12-8-2-1-6(17-8)5-7-10(16)13(11(18)19-7)4-3-9(14)15/h1-2,5H,3-4H2,(H,14,15)/b7-5+. The topological polar surface area (TPSA) is 70.8 Å². The third-order valence-corrected chi connectivity index (χ3v) is 4.09. The number of halogens is 1. The summed E-state index contributed by atoms with van der Waals surface area (Å²) in [6.07, 6.45) is 1.46. The minimum Gasteiger partial charge on any atom is -0.481 e. The van der Waals surface area contributed by atoms with Crippen molar-refractivity contribution in [2.75, 3.05) is 6.54 Å². The molecule has 0 radical (unpaired) electrons. The van der Waals surface area contributed by atoms with Crippen LogP contribution in [-0.2, 0) is 9.59 Å². The van der Waals surface area contributed by atoms with Gasteiger partial charge in [-0.25, -0.2) is 0 Å². The molecule has 1 saturated heterocycles. The number of rotatable bonds is 4. The molecule has 0 bridgehead atoms. The Hall–Kier alpha value is -1.12. The van der Waals surface area contributed by atoms with Crippen molar-refractivity contribution in [3.05, 3.63) is 27.5 Å². The van der Waals surface area contributed by atoms with Crippen molar-refractivity contribution in [2.24, 2.45) is 0 Å². The molecule has 1 aliphatic heterocycles. The van der Waals surface area contributed by atoms with E-state index < -0.39 is 5.97 Å². The summed E-state index contributed by atoms with van der Waals surface area (Å²) in [7, 11) is 0. The highest BCUT2D eigenvalue weighted by Gasteiger charge is 2.32. The van der Waals surface area contributed by atoms with Gasteiger partial charge in [-0.1, -0.05) is 24.0 Å². The van der Waals surface area contributed by atoms with Gasteiger partial charge in [0.2, 0.25) is 0 Å². The van der Waals surface area contributed by atoms with Crippen molar-refractivity contribution in [3.8, 4) is 0 Å². The second kappa shape index (κ2) is 5.89. The van der Waals surface area contributed by atoms with Gasteiger partial charge in [-0.3, -0.25) is 14.5 Å². The normalized spacial score (nSPS) is 17.5. The lowest BCUT2D eigenvalue weighted by molar-refractivity contribution is -0.137. The minimum atomic E-state index is -0.965. The zero-order chi connectivity index (χ0) is 14.0. The first-order valence-corrected chi connectivity index (χ1v) is 7.21. The van der Waals surface area contributed by atoms with Crippen molar-refractivity contribution in [1.82, 2.24) is 4.90 Å². The largest absolute Gasteiger partial charge is 0.481 e. The van der Waals surface area contributed by atoms with E-state index in [-0.39, 0.29) is 18.9 Å². The average Bonchev–Trinajstić information content (AvgIpc) is 2.83. The van der Waals surface area contributed by atoms with Gasteiger partial charge in [-0.15, -0.1) is 0 Å². The molecule has 1 fully saturated rings. The summed E-state index contributed by atoms with van der Waals surface area (Å²) >= 11 is 9.37. The molecule has 0 spiro atoms. The maximum Gasteiger partial charge on any atom is 0.305 e. The van der Waals surface area contributed by atoms with E-state index in [2.05, 4.69) is 15.9 Å². The first-order valence-electron chi connectivity index (χ1n) is 5.20. The molecule has 1 aliphatic rings. The number of carbonyl (C=O) groups is 2. The zero-order valence-electron chi connectivity index (χ0n) is 9.46. The van der Waals surface area contributed by atoms with E-state index in [1.165, 1.54) is 4.90 Å². The van der Waals surface area contributed by atoms with Gasteiger partial charge in [0.05, 0.1) is 11.3 Å². The third kappa shape index (κ3) is 3.46. The van der Waals surface area contributed by atoms with Crippen LogP contribution in [0.1, 0.15) is 12.2 Å². The monoisotopic (exact) mass is 361 g/mol. The van der Waals surface area contributed by atoms with Crippen LogP contribution in [0.5, 0.6) is 0 Å². The quantitative estimate of drug-likeness (QED) is 0.656. The van der Waals surface area contributed by atoms with E-state index in [4.69, 9.17) is 21.7 Å². The van der Waals surface area contributed by atoms with Crippen LogP contribution in [0.15, 0.2) is 26.1 Å². The third-order valence-electron chi connectivity index (χ3n) is 2.29. The lowest BCUT2D eigenvalue weighted by Gasteiger charge is -2.12. The number of carbonyl (C=O) groups excluding carboxylic acids is 1. The van der Waals surface area contributed by atoms with Gasteiger partial charge < -0.3 is 9.52 Å². The summed E-state index contributed by atoms with van der Waals surface area (Å²) in [5, 5.41) is 8.63. The second-order valence-electron chi connectivity index (χ2n) is 3.62. The van der Waals surface area contributed by atoms with Crippen LogP contribution in [0, 0.1) is 0 Å². The number of hydrogen-bond donors (Lipinski definition) is 1. The predicted molar refractivity (Wildman–Crippen MR) is 78.5 cm³/mol. The van der Waals surface area contributed by atoms with E-state index in [9.17, 15) is 9.59 Å². The fourth-order valence-electron chi connectivity index (χ4n) is 1.44. The molecular weight excluding hydrogens is 354 g/mol. The molecular formula is C11H8BrNO4S2. The zero-order valence-corrected chi connectivity index (χ0v) is 12.7. The molecule has 0 unspecified atom stereocenters. The Kier molecular flexibility index (Phi) is 4.43. The molecule has 1 aromatic rings. The second-order valence-corrected chi connectivity index (χ2v) is 6.08. The number of thiocarbonyl (C=S) groups is 1. The highest BCUT2D eigenvalue weighted by molar-refractivity contribution is 9.10. The van der Waals surface area contributed by atoms with E-state index in [1.54, 1.807) is 18.2 Å². The number of furan rings is 1. The van der Waals surface area contributed by atoms with Crippen LogP contribution >= 0.6 is 39.9 Å². The predicted octanol–water partition coefficient (Wildman–Crippen LogP) is 2.72. The Balaban J connectivity index is 2.13. The van der Waals surface area contributed by atoms with Gasteiger partial charge in [0.1, 0.15) is 10.1 Å². The van der Waals surface area contributed by atoms with Crippen LogP contribution in [0.25, 0.3) is 6.08 Å². The molecule has 0 aliphatic carbocycles. The number of nitrogens with zero attached hydrogens (tertiary/aromatic N) is 1. The Morgan fingerprint density at radius 1 is 1.58 bits per heavy atom. The molecule has 2 rings (SSSR count). The van der Waals surface area contributed by atoms with Crippen molar-refractivity contribution < 1.29 is 19.1 Å². The first-order chi connectivity index (χ1) is 8.97. The fourth-order valence-corrected chi connectivity index (χ4v) is 3.04. The average molecular weight is 362 g/mol. The highest BCUT2D eigenvalue weighted by Crippen LogP contribution is 2.33. The molecule has 1 amide bonds. The smallest absolute Gasteiger partial charge is 0.305 e. The van der Waals surface area contributed by atoms with Crippen LogP contribution in [-0.4, -0.2) is 32.7 Å². The fraction of sp³-hybridized carbons (Fsp3) is 0.182. The lowest BCUT2D eigenvalue weighted by Crippen LogP contribution is -2.30. The van der Waals surface area contributed by atoms with Crippen LogP contribution in [0.4, 0.5) is 0 Å². The van der Waals surface area contributed by atoms with Gasteiger partial charge in [0.15, 0.2) is 4.67 Å². The van der Waals surface area contributed by atoms with Crippen LogP contribution in [0.2, 0.25) is 0 Å². The van der Waals surface area contributed by atoms with Crippen LogP contribution < -0.4 is 0 Å². The van der Waals surface area contributed by atoms with Gasteiger partial charge >= 0.3 is 5.97 Å². The summed E-state index contributed by atoms with van der Waals surface area (Å²) in [5.74, 6) is -0.720. The SMILES string of the molecule is O=C(O)CCN1C(=O)/C(=C\c2ccc(Br)o2)SC1=S. The summed E-state index contributed by atoms with van der Waals surface area (Å²) in [6.45, 7) is 0.0825. The summed E-state index contributed by atoms with van der Waals surface area (Å²) in [6, 6.07) is 3.44. The summed E-state index contributed by atoms with van der Waals surface area (Å²) in [4.78, 5) is 24.3. The van der Waals surface area contributed by atoms with Crippen molar-refractivity contribution in [3.63, 3.8) is 0 Å². The number of aliphatic carboxylic acids is 1. The van der Waals surface area contributed by atoms with E-state index in [1.807, 2.05) is 0 Å². The number of amides is 1. The Bertz CT molecular complexity index is 581. The number of thioether (sulfide) groups is 1. The summed E-state index contributed by atoms with van der Waals surface area (Å²) in [5.41, 5.74) is 0. The molecule has 5 nitrogen and oxygen atoms in total. The van der Waals surface area contributed by atoms with E-state index >= 15 is 0 Å². The molecule has 8 heteroatoms. The molecule has 1 aromatic heterocycles. The van der Waals surface area contributed by atoms with Crippen molar-refractivity contribution in [1.29, 1.82) is 0 Å². The lowest BCUT2D eigenvalue weighted by atomic mass is 10.3. The molecule has 0 atom stereocenters. The number of carboxylic acids is 1. The minimum absolute atomic E-state index is 0.0825. The Morgan fingerprint density at radius 2 is 2.32 bits per heavy atom. The molecule has 0 aromatic carbocycles. The maximum atomic E-state index is 12.0. The van der Waals surface area contributed by atoms with Crippen molar-refractivity contribution in [2.45, 2.75) is 6.42 Å². The van der Waals surface area contributed by atoms with Gasteiger partial charge in [0, 0.05) is 12.6 Å². The molecule has 2 heterocycles. The van der Waals surface area contributed by atoms with Crippen molar-refractivity contribution >= 4 is 62.2 Å². The van der Waals surface area contributed by atoms with Gasteiger partial charge in [-0.05, 0) is 28.1 Å². The maximum absolute atomic E-state index is 12.0. The Labute approximate surface area is 126 Å². The highest BCUT2D eigenvalue weighted by atomic mass is 79.9. The molecule has 1 N–H and O–H groups in total. The summed E-state index contributed by atoms with van der Waals surface area (Å²) < 4.78 is 6.21.